The lowest BCUT2D eigenvalue weighted by Gasteiger charge is -2.30. The molecule has 2 N–H and O–H groups in total. The van der Waals surface area contributed by atoms with Gasteiger partial charge in [0.25, 0.3) is 11.8 Å². The molecule has 6 heteroatoms. The van der Waals surface area contributed by atoms with E-state index in [0.29, 0.717) is 11.1 Å². The minimum atomic E-state index is -0.509. The molecule has 2 amide bonds. The van der Waals surface area contributed by atoms with Gasteiger partial charge in [-0.1, -0.05) is 60.7 Å². The van der Waals surface area contributed by atoms with Crippen LogP contribution in [0.25, 0.3) is 0 Å². The number of rotatable bonds is 7. The number of carbonyl (C=O) groups is 2. The van der Waals surface area contributed by atoms with E-state index in [-0.39, 0.29) is 11.8 Å². The Labute approximate surface area is 186 Å². The number of pyridine rings is 2. The van der Waals surface area contributed by atoms with Gasteiger partial charge in [0.2, 0.25) is 0 Å². The highest BCUT2D eigenvalue weighted by atomic mass is 16.2. The van der Waals surface area contributed by atoms with E-state index in [9.17, 15) is 9.59 Å². The van der Waals surface area contributed by atoms with Crippen molar-refractivity contribution in [1.29, 1.82) is 0 Å². The Hall–Kier alpha value is -4.32. The molecule has 4 rings (SSSR count). The van der Waals surface area contributed by atoms with E-state index >= 15 is 0 Å². The summed E-state index contributed by atoms with van der Waals surface area (Å²) in [6.45, 7) is 0. The average Bonchev–Trinajstić information content (AvgIpc) is 2.88. The fraction of sp³-hybridized carbons (Fsp3) is 0.0769. The summed E-state index contributed by atoms with van der Waals surface area (Å²) in [5.74, 6) is -0.499. The van der Waals surface area contributed by atoms with Crippen LogP contribution < -0.4 is 10.6 Å². The average molecular weight is 422 g/mol. The zero-order valence-electron chi connectivity index (χ0n) is 17.3. The van der Waals surface area contributed by atoms with Crippen LogP contribution in [0.1, 0.15) is 43.9 Å². The summed E-state index contributed by atoms with van der Waals surface area (Å²) in [7, 11) is 0. The normalized spacial score (nSPS) is 12.4. The molecule has 2 aromatic carbocycles. The molecule has 2 heterocycles. The molecule has 32 heavy (non-hydrogen) atoms. The van der Waals surface area contributed by atoms with E-state index in [0.717, 1.165) is 11.1 Å². The predicted octanol–water partition coefficient (Wildman–Crippen LogP) is 4.12. The van der Waals surface area contributed by atoms with Crippen LogP contribution in [0.5, 0.6) is 0 Å². The van der Waals surface area contributed by atoms with Crippen molar-refractivity contribution in [3.63, 3.8) is 0 Å². The van der Waals surface area contributed by atoms with Crippen LogP contribution >= 0.6 is 0 Å². The minimum absolute atomic E-state index is 0.250. The molecule has 0 fully saturated rings. The molecule has 2 aromatic heterocycles. The van der Waals surface area contributed by atoms with Gasteiger partial charge in [0, 0.05) is 35.9 Å². The third kappa shape index (κ3) is 5.05. The second-order valence-electron chi connectivity index (χ2n) is 7.20. The highest BCUT2D eigenvalue weighted by molar-refractivity contribution is 5.95. The molecule has 158 valence electrons. The van der Waals surface area contributed by atoms with Gasteiger partial charge in [-0.05, 0) is 35.4 Å². The monoisotopic (exact) mass is 422 g/mol. The fourth-order valence-electron chi connectivity index (χ4n) is 3.49. The first-order valence-corrected chi connectivity index (χ1v) is 10.2. The van der Waals surface area contributed by atoms with Crippen molar-refractivity contribution in [2.45, 2.75) is 12.1 Å². The Morgan fingerprint density at radius 2 is 0.875 bits per heavy atom. The van der Waals surface area contributed by atoms with Gasteiger partial charge in [0.15, 0.2) is 0 Å². The van der Waals surface area contributed by atoms with Crippen LogP contribution in [-0.2, 0) is 0 Å². The number of hydrogen-bond donors (Lipinski definition) is 2. The minimum Gasteiger partial charge on any atom is -0.343 e. The lowest BCUT2D eigenvalue weighted by Crippen LogP contribution is -2.40. The van der Waals surface area contributed by atoms with Crippen LogP contribution in [0, 0.1) is 0 Å². The lowest BCUT2D eigenvalue weighted by atomic mass is 9.92. The maximum Gasteiger partial charge on any atom is 0.251 e. The van der Waals surface area contributed by atoms with E-state index in [1.54, 1.807) is 49.1 Å². The Morgan fingerprint density at radius 3 is 1.22 bits per heavy atom. The number of nitrogens with zero attached hydrogens (tertiary/aromatic N) is 2. The molecule has 0 aliphatic rings. The van der Waals surface area contributed by atoms with Gasteiger partial charge >= 0.3 is 0 Å². The SMILES string of the molecule is O=C(N[C@H](c1ccccc1)[C@H](NC(=O)c1ccncc1)c1ccccc1)c1ccncc1. The first kappa shape index (κ1) is 20.9. The van der Waals surface area contributed by atoms with E-state index < -0.39 is 12.1 Å². The molecule has 0 saturated heterocycles. The molecule has 4 aromatic rings. The number of nitrogens with one attached hydrogen (secondary N) is 2. The number of benzene rings is 2. The third-order valence-electron chi connectivity index (χ3n) is 5.11. The molecule has 0 bridgehead atoms. The van der Waals surface area contributed by atoms with E-state index in [1.165, 1.54) is 0 Å². The zero-order chi connectivity index (χ0) is 22.2. The van der Waals surface area contributed by atoms with Crippen molar-refractivity contribution in [2.24, 2.45) is 0 Å². The highest BCUT2D eigenvalue weighted by Gasteiger charge is 2.28. The van der Waals surface area contributed by atoms with Crippen molar-refractivity contribution < 1.29 is 9.59 Å². The van der Waals surface area contributed by atoms with Gasteiger partial charge in [-0.25, -0.2) is 0 Å². The molecule has 0 aliphatic heterocycles. The van der Waals surface area contributed by atoms with Gasteiger partial charge < -0.3 is 10.6 Å². The third-order valence-corrected chi connectivity index (χ3v) is 5.11. The molecule has 2 atom stereocenters. The molecule has 0 unspecified atom stereocenters. The number of carbonyl (C=O) groups excluding carboxylic acids is 2. The first-order chi connectivity index (χ1) is 15.7. The van der Waals surface area contributed by atoms with Crippen molar-refractivity contribution >= 4 is 11.8 Å². The Morgan fingerprint density at radius 1 is 0.531 bits per heavy atom. The maximum atomic E-state index is 13.1. The Bertz CT molecular complexity index is 1060. The van der Waals surface area contributed by atoms with Gasteiger partial charge in [-0.15, -0.1) is 0 Å². The maximum absolute atomic E-state index is 13.1. The van der Waals surface area contributed by atoms with Crippen LogP contribution in [0.3, 0.4) is 0 Å². The molecular weight excluding hydrogens is 400 g/mol. The second-order valence-corrected chi connectivity index (χ2v) is 7.20. The number of hydrogen-bond acceptors (Lipinski definition) is 4. The van der Waals surface area contributed by atoms with E-state index in [2.05, 4.69) is 20.6 Å². The highest BCUT2D eigenvalue weighted by Crippen LogP contribution is 2.30. The number of amides is 2. The van der Waals surface area contributed by atoms with Crippen LogP contribution in [-0.4, -0.2) is 21.8 Å². The summed E-state index contributed by atoms with van der Waals surface area (Å²) in [6, 6.07) is 24.8. The lowest BCUT2D eigenvalue weighted by molar-refractivity contribution is 0.0881. The molecular formula is C26H22N4O2. The summed E-state index contributed by atoms with van der Waals surface area (Å²) >= 11 is 0. The summed E-state index contributed by atoms with van der Waals surface area (Å²) in [4.78, 5) is 34.1. The van der Waals surface area contributed by atoms with Gasteiger partial charge in [0.1, 0.15) is 0 Å². The van der Waals surface area contributed by atoms with Crippen molar-refractivity contribution in [2.75, 3.05) is 0 Å². The molecule has 0 spiro atoms. The summed E-state index contributed by atoms with van der Waals surface area (Å²) in [6.07, 6.45) is 6.30. The van der Waals surface area contributed by atoms with Crippen LogP contribution in [0.15, 0.2) is 110 Å². The Balaban J connectivity index is 1.72. The molecule has 0 saturated carbocycles. The van der Waals surface area contributed by atoms with Crippen molar-refractivity contribution in [3.8, 4) is 0 Å². The van der Waals surface area contributed by atoms with Crippen LogP contribution in [0.4, 0.5) is 0 Å². The van der Waals surface area contributed by atoms with E-state index in [1.807, 2.05) is 60.7 Å². The van der Waals surface area contributed by atoms with Crippen LogP contribution in [0.2, 0.25) is 0 Å². The quantitative estimate of drug-likeness (QED) is 0.469. The van der Waals surface area contributed by atoms with Crippen molar-refractivity contribution in [1.82, 2.24) is 20.6 Å². The zero-order valence-corrected chi connectivity index (χ0v) is 17.3. The summed E-state index contributed by atoms with van der Waals surface area (Å²) in [5, 5.41) is 6.22. The van der Waals surface area contributed by atoms with Gasteiger partial charge in [0.05, 0.1) is 12.1 Å². The van der Waals surface area contributed by atoms with E-state index in [4.69, 9.17) is 0 Å². The largest absolute Gasteiger partial charge is 0.343 e. The van der Waals surface area contributed by atoms with Gasteiger partial charge in [-0.3, -0.25) is 19.6 Å². The smallest absolute Gasteiger partial charge is 0.251 e. The summed E-state index contributed by atoms with van der Waals surface area (Å²) in [5.41, 5.74) is 2.74. The topological polar surface area (TPSA) is 84.0 Å². The second kappa shape index (κ2) is 10.1. The number of aromatic nitrogens is 2. The Kier molecular flexibility index (Phi) is 6.63. The molecule has 6 nitrogen and oxygen atoms in total. The molecule has 0 radical (unpaired) electrons. The molecule has 0 aliphatic carbocycles. The fourth-order valence-corrected chi connectivity index (χ4v) is 3.49. The van der Waals surface area contributed by atoms with Crippen molar-refractivity contribution in [3.05, 3.63) is 132 Å². The first-order valence-electron chi connectivity index (χ1n) is 10.2. The summed E-state index contributed by atoms with van der Waals surface area (Å²) < 4.78 is 0. The predicted molar refractivity (Wildman–Crippen MR) is 122 cm³/mol. The van der Waals surface area contributed by atoms with Gasteiger partial charge in [-0.2, -0.15) is 0 Å². The standard InChI is InChI=1S/C26H22N4O2/c31-25(21-11-15-27-16-12-21)29-23(19-7-3-1-4-8-19)24(20-9-5-2-6-10-20)30-26(32)22-13-17-28-18-14-22/h1-18,23-24H,(H,29,31)(H,30,32)/t23-,24-/m1/s1.